The lowest BCUT2D eigenvalue weighted by Crippen LogP contribution is -2.40. The second-order valence-electron chi connectivity index (χ2n) is 11.5. The van der Waals surface area contributed by atoms with Crippen LogP contribution < -0.4 is 15.8 Å². The molecule has 2 fully saturated rings. The summed E-state index contributed by atoms with van der Waals surface area (Å²) in [6.45, 7) is 3.15. The number of methoxy groups -OCH3 is 1. The number of carbonyl (C=O) groups is 1. The molecule has 0 saturated heterocycles. The van der Waals surface area contributed by atoms with Gasteiger partial charge in [-0.15, -0.1) is 0 Å². The molecule has 1 heterocycles. The van der Waals surface area contributed by atoms with E-state index in [0.717, 1.165) is 55.0 Å². The van der Waals surface area contributed by atoms with Gasteiger partial charge in [-0.25, -0.2) is 0 Å². The number of nitrogens with one attached hydrogen (secondary N) is 1. The van der Waals surface area contributed by atoms with E-state index in [0.29, 0.717) is 6.42 Å². The van der Waals surface area contributed by atoms with Gasteiger partial charge < -0.3 is 20.4 Å². The van der Waals surface area contributed by atoms with Gasteiger partial charge in [-0.3, -0.25) is 4.79 Å². The van der Waals surface area contributed by atoms with Crippen molar-refractivity contribution >= 4 is 16.8 Å². The Kier molecular flexibility index (Phi) is 8.19. The van der Waals surface area contributed by atoms with Gasteiger partial charge >= 0.3 is 0 Å². The number of hydrogen-bond acceptors (Lipinski definition) is 3. The molecule has 3 aromatic rings. The fourth-order valence-corrected chi connectivity index (χ4v) is 6.59. The zero-order chi connectivity index (χ0) is 25.8. The summed E-state index contributed by atoms with van der Waals surface area (Å²) in [6.07, 6.45) is 13.3. The van der Waals surface area contributed by atoms with Crippen molar-refractivity contribution < 1.29 is 9.53 Å². The van der Waals surface area contributed by atoms with Crippen molar-refractivity contribution in [2.75, 3.05) is 7.11 Å². The smallest absolute Gasteiger partial charge is 0.221 e. The van der Waals surface area contributed by atoms with Crippen molar-refractivity contribution in [1.29, 1.82) is 0 Å². The zero-order valence-electron chi connectivity index (χ0n) is 22.5. The largest absolute Gasteiger partial charge is 0.497 e. The van der Waals surface area contributed by atoms with Crippen LogP contribution in [0.3, 0.4) is 0 Å². The number of hydrogen-bond donors (Lipinski definition) is 2. The number of nitrogens with zero attached hydrogens (tertiary/aromatic N) is 1. The third-order valence-electron chi connectivity index (χ3n) is 8.61. The predicted molar refractivity (Wildman–Crippen MR) is 151 cm³/mol. The van der Waals surface area contributed by atoms with Crippen molar-refractivity contribution in [2.45, 2.75) is 95.7 Å². The van der Waals surface area contributed by atoms with Crippen LogP contribution in [0.1, 0.15) is 86.8 Å². The summed E-state index contributed by atoms with van der Waals surface area (Å²) >= 11 is 0. The molecule has 1 amide bonds. The third kappa shape index (κ3) is 6.20. The Balaban J connectivity index is 1.49. The molecule has 5 heteroatoms. The van der Waals surface area contributed by atoms with Gasteiger partial charge in [0, 0.05) is 48.1 Å². The zero-order valence-corrected chi connectivity index (χ0v) is 22.5. The molecule has 3 N–H and O–H groups in total. The first kappa shape index (κ1) is 25.8. The number of amides is 1. The highest BCUT2D eigenvalue weighted by Crippen LogP contribution is 2.38. The van der Waals surface area contributed by atoms with E-state index in [4.69, 9.17) is 10.5 Å². The summed E-state index contributed by atoms with van der Waals surface area (Å²) in [5, 5.41) is 4.59. The number of rotatable bonds is 8. The van der Waals surface area contributed by atoms with Crippen LogP contribution >= 0.6 is 0 Å². The number of ether oxygens (including phenoxy) is 1. The second kappa shape index (κ2) is 11.7. The molecule has 5 nitrogen and oxygen atoms in total. The molecule has 1 unspecified atom stereocenters. The SMILES string of the molecule is COc1cc(C)cc(C(CC(=O)N[C@H]2CC[C@H](N)CC2)c2cn(CC3CCCCC3)c3ccccc23)c1. The summed E-state index contributed by atoms with van der Waals surface area (Å²) in [5.41, 5.74) is 10.9. The number of aryl methyl sites for hydroxylation is 1. The molecule has 2 aliphatic carbocycles. The highest BCUT2D eigenvalue weighted by molar-refractivity contribution is 5.87. The predicted octanol–water partition coefficient (Wildman–Crippen LogP) is 6.45. The minimum absolute atomic E-state index is 0.0443. The highest BCUT2D eigenvalue weighted by atomic mass is 16.5. The maximum Gasteiger partial charge on any atom is 0.221 e. The lowest BCUT2D eigenvalue weighted by Gasteiger charge is -2.27. The molecular weight excluding hydrogens is 458 g/mol. The number of aromatic nitrogens is 1. The molecule has 1 aromatic heterocycles. The van der Waals surface area contributed by atoms with E-state index in [-0.39, 0.29) is 23.9 Å². The average molecular weight is 502 g/mol. The van der Waals surface area contributed by atoms with Crippen LogP contribution in [0.25, 0.3) is 10.9 Å². The molecule has 1 atom stereocenters. The molecule has 2 saturated carbocycles. The van der Waals surface area contributed by atoms with Crippen LogP contribution in [0, 0.1) is 12.8 Å². The third-order valence-corrected chi connectivity index (χ3v) is 8.61. The summed E-state index contributed by atoms with van der Waals surface area (Å²) < 4.78 is 8.09. The van der Waals surface area contributed by atoms with E-state index in [2.05, 4.69) is 65.5 Å². The van der Waals surface area contributed by atoms with E-state index in [1.165, 1.54) is 48.6 Å². The topological polar surface area (TPSA) is 69.3 Å². The van der Waals surface area contributed by atoms with Gasteiger partial charge in [-0.2, -0.15) is 0 Å². The Morgan fingerprint density at radius 1 is 1.05 bits per heavy atom. The highest BCUT2D eigenvalue weighted by Gasteiger charge is 2.27. The van der Waals surface area contributed by atoms with Gasteiger partial charge in [0.05, 0.1) is 7.11 Å². The fraction of sp³-hybridized carbons (Fsp3) is 0.531. The molecule has 0 spiro atoms. The van der Waals surface area contributed by atoms with E-state index < -0.39 is 0 Å². The maximum atomic E-state index is 13.5. The lowest BCUT2D eigenvalue weighted by atomic mass is 9.86. The van der Waals surface area contributed by atoms with E-state index in [9.17, 15) is 4.79 Å². The molecule has 37 heavy (non-hydrogen) atoms. The van der Waals surface area contributed by atoms with Gasteiger partial charge in [0.15, 0.2) is 0 Å². The minimum Gasteiger partial charge on any atom is -0.497 e. The molecule has 0 aliphatic heterocycles. The number of carbonyl (C=O) groups excluding carboxylic acids is 1. The first-order valence-electron chi connectivity index (χ1n) is 14.3. The number of para-hydroxylation sites is 1. The van der Waals surface area contributed by atoms with Gasteiger partial charge in [-0.05, 0) is 86.3 Å². The first-order valence-corrected chi connectivity index (χ1v) is 14.3. The fourth-order valence-electron chi connectivity index (χ4n) is 6.59. The van der Waals surface area contributed by atoms with E-state index in [1.54, 1.807) is 7.11 Å². The minimum atomic E-state index is -0.0443. The Bertz CT molecular complexity index is 1200. The summed E-state index contributed by atoms with van der Waals surface area (Å²) in [6, 6.07) is 15.6. The molecule has 0 radical (unpaired) electrons. The Labute approximate surface area is 221 Å². The Morgan fingerprint density at radius 3 is 2.57 bits per heavy atom. The van der Waals surface area contributed by atoms with Crippen molar-refractivity contribution in [3.63, 3.8) is 0 Å². The Morgan fingerprint density at radius 2 is 1.81 bits per heavy atom. The van der Waals surface area contributed by atoms with Crippen LogP contribution in [0.5, 0.6) is 5.75 Å². The van der Waals surface area contributed by atoms with Crippen molar-refractivity contribution in [2.24, 2.45) is 11.7 Å². The molecule has 198 valence electrons. The average Bonchev–Trinajstić information content (AvgIpc) is 3.27. The van der Waals surface area contributed by atoms with Crippen molar-refractivity contribution in [1.82, 2.24) is 9.88 Å². The number of benzene rings is 2. The Hall–Kier alpha value is -2.79. The summed E-state index contributed by atoms with van der Waals surface area (Å²) in [5.74, 6) is 1.65. The maximum absolute atomic E-state index is 13.5. The van der Waals surface area contributed by atoms with Crippen LogP contribution in [-0.4, -0.2) is 29.7 Å². The van der Waals surface area contributed by atoms with E-state index >= 15 is 0 Å². The number of nitrogens with two attached hydrogens (primary N) is 1. The van der Waals surface area contributed by atoms with Crippen LogP contribution in [0.4, 0.5) is 0 Å². The van der Waals surface area contributed by atoms with Gasteiger partial charge in [0.1, 0.15) is 5.75 Å². The lowest BCUT2D eigenvalue weighted by molar-refractivity contribution is -0.122. The first-order chi connectivity index (χ1) is 18.0. The quantitative estimate of drug-likeness (QED) is 0.373. The standard InChI is InChI=1S/C32H43N3O2/c1-22-16-24(18-27(17-22)37-2)29(19-32(36)34-26-14-12-25(33)13-15-26)30-21-35(20-23-8-4-3-5-9-23)31-11-7-6-10-28(30)31/h6-7,10-11,16-18,21,23,25-26,29H,3-5,8-9,12-15,19-20,33H2,1-2H3,(H,34,36)/t25-,26-,29?. The summed E-state index contributed by atoms with van der Waals surface area (Å²) in [4.78, 5) is 13.5. The van der Waals surface area contributed by atoms with Gasteiger partial charge in [-0.1, -0.05) is 43.5 Å². The molecular formula is C32H43N3O2. The van der Waals surface area contributed by atoms with Gasteiger partial charge in [0.25, 0.3) is 0 Å². The monoisotopic (exact) mass is 501 g/mol. The van der Waals surface area contributed by atoms with Crippen LogP contribution in [0.15, 0.2) is 48.7 Å². The summed E-state index contributed by atoms with van der Waals surface area (Å²) in [7, 11) is 1.71. The molecule has 2 aromatic carbocycles. The molecule has 5 rings (SSSR count). The van der Waals surface area contributed by atoms with Crippen LogP contribution in [-0.2, 0) is 11.3 Å². The van der Waals surface area contributed by atoms with Gasteiger partial charge in [0.2, 0.25) is 5.91 Å². The number of fused-ring (bicyclic) bond motifs is 1. The second-order valence-corrected chi connectivity index (χ2v) is 11.5. The molecule has 2 aliphatic rings. The van der Waals surface area contributed by atoms with Crippen molar-refractivity contribution in [3.05, 3.63) is 65.4 Å². The van der Waals surface area contributed by atoms with Crippen molar-refractivity contribution in [3.8, 4) is 5.75 Å². The van der Waals surface area contributed by atoms with E-state index in [1.807, 2.05) is 0 Å². The molecule has 0 bridgehead atoms. The van der Waals surface area contributed by atoms with Crippen LogP contribution in [0.2, 0.25) is 0 Å². The normalized spacial score (nSPS) is 21.6.